The van der Waals surface area contributed by atoms with Gasteiger partial charge in [-0.25, -0.2) is 4.99 Å². The minimum Gasteiger partial charge on any atom is -0.292 e. The Morgan fingerprint density at radius 2 is 1.95 bits per heavy atom. The van der Waals surface area contributed by atoms with E-state index in [1.165, 1.54) is 0 Å². The van der Waals surface area contributed by atoms with Gasteiger partial charge in [0.1, 0.15) is 5.25 Å². The van der Waals surface area contributed by atoms with E-state index >= 15 is 0 Å². The quantitative estimate of drug-likeness (QED) is 0.597. The van der Waals surface area contributed by atoms with Gasteiger partial charge in [0.2, 0.25) is 5.91 Å². The van der Waals surface area contributed by atoms with Gasteiger partial charge >= 0.3 is 12.5 Å². The molecule has 12 heteroatoms. The molecule has 1 aliphatic heterocycles. The third kappa shape index (κ3) is 3.34. The van der Waals surface area contributed by atoms with E-state index in [4.69, 9.17) is 0 Å². The number of ether oxygens (including phenoxy) is 1. The van der Waals surface area contributed by atoms with Crippen molar-refractivity contribution in [3.8, 4) is 0 Å². The highest BCUT2D eigenvalue weighted by atomic mass is 79.9. The lowest BCUT2D eigenvalue weighted by Gasteiger charge is -2.33. The van der Waals surface area contributed by atoms with Gasteiger partial charge in [-0.3, -0.25) is 13.9 Å². The zero-order valence-corrected chi connectivity index (χ0v) is 11.3. The van der Waals surface area contributed by atoms with Gasteiger partial charge in [-0.05, 0) is 6.92 Å². The summed E-state index contributed by atoms with van der Waals surface area (Å²) in [5.74, 6) is -1.34. The zero-order valence-electron chi connectivity index (χ0n) is 8.90. The molecule has 0 saturated carbocycles. The van der Waals surface area contributed by atoms with E-state index in [-0.39, 0.29) is 16.8 Å². The van der Waals surface area contributed by atoms with Gasteiger partial charge in [-0.15, -0.1) is 13.2 Å². The average Bonchev–Trinajstić information content (AvgIpc) is 2.52. The van der Waals surface area contributed by atoms with E-state index in [0.717, 1.165) is 6.92 Å². The Hall–Kier alpha value is -0.490. The molecule has 0 aromatic heterocycles. The highest BCUT2D eigenvalue weighted by molar-refractivity contribution is 9.08. The highest BCUT2D eigenvalue weighted by Gasteiger charge is 2.70. The smallest absolute Gasteiger partial charge is 0.292 e. The monoisotopic (exact) mass is 374 g/mol. The zero-order chi connectivity index (χ0) is 15.1. The fraction of sp³-hybridized carbons (Fsp3) is 0.714. The molecular formula is C7H5BrF6N2O2S. The minimum atomic E-state index is -5.60. The first kappa shape index (κ1) is 16.6. The topological polar surface area (TPSA) is 50.7 Å². The summed E-state index contributed by atoms with van der Waals surface area (Å²) in [6.07, 6.45) is -11.1. The van der Waals surface area contributed by atoms with Crippen molar-refractivity contribution in [2.24, 2.45) is 4.99 Å². The van der Waals surface area contributed by atoms with Crippen molar-refractivity contribution in [1.29, 1.82) is 0 Å². The van der Waals surface area contributed by atoms with Crippen LogP contribution in [0.1, 0.15) is 6.92 Å². The average molecular weight is 375 g/mol. The van der Waals surface area contributed by atoms with Crippen LogP contribution >= 0.6 is 27.9 Å². The van der Waals surface area contributed by atoms with Crippen LogP contribution in [0.5, 0.6) is 0 Å². The first-order valence-electron chi connectivity index (χ1n) is 4.40. The second-order valence-corrected chi connectivity index (χ2v) is 5.02. The number of carbonyl (C=O) groups is 1. The third-order valence-corrected chi connectivity index (χ3v) is 3.57. The summed E-state index contributed by atoms with van der Waals surface area (Å²) >= 11 is 2.61. The lowest BCUT2D eigenvalue weighted by molar-refractivity contribution is -0.410. The predicted molar refractivity (Wildman–Crippen MR) is 57.5 cm³/mol. The Morgan fingerprint density at radius 1 is 1.42 bits per heavy atom. The minimum absolute atomic E-state index is 0.236. The number of thioether (sulfide) groups is 1. The van der Waals surface area contributed by atoms with E-state index in [0.29, 0.717) is 0 Å². The number of nitrogens with zero attached hydrogens (tertiary/aromatic N) is 1. The lowest BCUT2D eigenvalue weighted by Crippen LogP contribution is -2.58. The summed E-state index contributed by atoms with van der Waals surface area (Å²) < 4.78 is 80.2. The summed E-state index contributed by atoms with van der Waals surface area (Å²) in [5.41, 5.74) is -3.99. The maximum Gasteiger partial charge on any atom is 0.525 e. The predicted octanol–water partition coefficient (Wildman–Crippen LogP) is 2.74. The number of aliphatic imine (C=N–C) groups is 1. The molecule has 1 rings (SSSR count). The van der Waals surface area contributed by atoms with Gasteiger partial charge in [-0.1, -0.05) is 11.8 Å². The number of alkyl halides is 6. The van der Waals surface area contributed by atoms with Gasteiger partial charge in [-0.2, -0.15) is 13.2 Å². The van der Waals surface area contributed by atoms with Crippen LogP contribution in [0.4, 0.5) is 26.3 Å². The van der Waals surface area contributed by atoms with Crippen LogP contribution in [0.25, 0.3) is 0 Å². The molecule has 0 aromatic carbocycles. The van der Waals surface area contributed by atoms with Gasteiger partial charge in [0, 0.05) is 16.1 Å². The molecule has 110 valence electrons. The number of halogens is 7. The van der Waals surface area contributed by atoms with Crippen molar-refractivity contribution in [3.63, 3.8) is 0 Å². The van der Waals surface area contributed by atoms with E-state index in [1.807, 2.05) is 0 Å². The number of rotatable bonds is 2. The number of hydrogen-bond acceptors (Lipinski definition) is 4. The van der Waals surface area contributed by atoms with Gasteiger partial charge in [0.15, 0.2) is 0 Å². The molecule has 0 aromatic rings. The fourth-order valence-corrected chi connectivity index (χ4v) is 2.84. The Labute approximate surface area is 115 Å². The normalized spacial score (nSPS) is 28.2. The number of amides is 1. The van der Waals surface area contributed by atoms with Crippen LogP contribution < -0.4 is 4.34 Å². The van der Waals surface area contributed by atoms with E-state index in [2.05, 4.69) is 25.9 Å². The molecule has 1 N–H and O–H groups in total. The van der Waals surface area contributed by atoms with Crippen LogP contribution in [0.15, 0.2) is 4.99 Å². The van der Waals surface area contributed by atoms with Crippen molar-refractivity contribution in [1.82, 2.24) is 4.34 Å². The SMILES string of the molecule is CC1=NC(OC(F)(F)F)(C(F)(F)F)C(C(=O)NBr)S1. The van der Waals surface area contributed by atoms with E-state index < -0.39 is 29.4 Å². The summed E-state index contributed by atoms with van der Waals surface area (Å²) in [5, 5.41) is -2.59. The Kier molecular flexibility index (Phi) is 4.47. The molecule has 0 fully saturated rings. The van der Waals surface area contributed by atoms with Crippen LogP contribution in [0.2, 0.25) is 0 Å². The fourth-order valence-electron chi connectivity index (χ4n) is 1.37. The van der Waals surface area contributed by atoms with Crippen LogP contribution in [0.3, 0.4) is 0 Å². The van der Waals surface area contributed by atoms with Crippen molar-refractivity contribution in [2.45, 2.75) is 30.4 Å². The first-order valence-corrected chi connectivity index (χ1v) is 6.07. The van der Waals surface area contributed by atoms with Crippen molar-refractivity contribution in [3.05, 3.63) is 0 Å². The second-order valence-electron chi connectivity index (χ2n) is 3.33. The van der Waals surface area contributed by atoms with Crippen LogP contribution in [-0.2, 0) is 9.53 Å². The molecule has 2 atom stereocenters. The number of hydrogen-bond donors (Lipinski definition) is 1. The first-order chi connectivity index (χ1) is 8.43. The number of nitrogens with one attached hydrogen (secondary N) is 1. The molecule has 1 heterocycles. The Morgan fingerprint density at radius 3 is 2.32 bits per heavy atom. The van der Waals surface area contributed by atoms with Crippen LogP contribution in [0, 0.1) is 0 Å². The Bertz CT molecular complexity index is 411. The largest absolute Gasteiger partial charge is 0.525 e. The molecule has 0 bridgehead atoms. The maximum atomic E-state index is 12.9. The van der Waals surface area contributed by atoms with Gasteiger partial charge < -0.3 is 0 Å². The Balaban J connectivity index is 3.31. The van der Waals surface area contributed by atoms with Crippen molar-refractivity contribution >= 4 is 38.9 Å². The molecule has 1 aliphatic rings. The third-order valence-electron chi connectivity index (χ3n) is 1.98. The molecule has 0 aliphatic carbocycles. The standard InChI is InChI=1S/C7H5BrF6N2O2S/c1-2-15-5(6(9,10)11,18-7(12,13)14)3(19-2)4(17)16-8/h3H,1H3,(H,16,17). The molecule has 1 amide bonds. The van der Waals surface area contributed by atoms with Gasteiger partial charge in [0.05, 0.1) is 5.04 Å². The highest BCUT2D eigenvalue weighted by Crippen LogP contribution is 2.50. The maximum absolute atomic E-state index is 12.9. The summed E-state index contributed by atoms with van der Waals surface area (Å²) in [6.45, 7) is 1.05. The molecule has 2 unspecified atom stereocenters. The summed E-state index contributed by atoms with van der Waals surface area (Å²) in [7, 11) is 0. The molecule has 4 nitrogen and oxygen atoms in total. The van der Waals surface area contributed by atoms with Gasteiger partial charge in [0.25, 0.3) is 5.72 Å². The van der Waals surface area contributed by atoms with E-state index in [1.54, 1.807) is 4.34 Å². The molecule has 0 radical (unpaired) electrons. The molecule has 19 heavy (non-hydrogen) atoms. The molecule has 0 spiro atoms. The second kappa shape index (κ2) is 5.13. The molecular weight excluding hydrogens is 370 g/mol. The number of carbonyl (C=O) groups excluding carboxylic acids is 1. The van der Waals surface area contributed by atoms with Crippen LogP contribution in [-0.4, -0.2) is 34.5 Å². The summed E-state index contributed by atoms with van der Waals surface area (Å²) in [6, 6.07) is 0. The molecule has 0 saturated heterocycles. The van der Waals surface area contributed by atoms with Crippen molar-refractivity contribution in [2.75, 3.05) is 0 Å². The van der Waals surface area contributed by atoms with E-state index in [9.17, 15) is 31.1 Å². The lowest BCUT2D eigenvalue weighted by atomic mass is 10.1. The van der Waals surface area contributed by atoms with Crippen molar-refractivity contribution < 1.29 is 35.9 Å². The summed E-state index contributed by atoms with van der Waals surface area (Å²) in [4.78, 5) is 14.2.